The molecule has 0 saturated heterocycles. The first-order chi connectivity index (χ1) is 7.85. The summed E-state index contributed by atoms with van der Waals surface area (Å²) in [4.78, 5) is 10.3. The van der Waals surface area contributed by atoms with Gasteiger partial charge in [-0.05, 0) is 12.3 Å². The Morgan fingerprint density at radius 3 is 1.75 bits per heavy atom. The fourth-order valence-electron chi connectivity index (χ4n) is 2.29. The van der Waals surface area contributed by atoms with Gasteiger partial charge in [-0.15, -0.1) is 0 Å². The molecule has 0 radical (unpaired) electrons. The molecule has 0 aliphatic heterocycles. The van der Waals surface area contributed by atoms with Crippen molar-refractivity contribution in [2.45, 2.75) is 84.5 Å². The Morgan fingerprint density at radius 2 is 1.31 bits per heavy atom. The third-order valence-electron chi connectivity index (χ3n) is 3.37. The van der Waals surface area contributed by atoms with Crippen molar-refractivity contribution in [2.75, 3.05) is 0 Å². The van der Waals surface area contributed by atoms with E-state index in [1.165, 1.54) is 57.8 Å². The lowest BCUT2D eigenvalue weighted by atomic mass is 9.90. The molecule has 0 fully saturated rings. The van der Waals surface area contributed by atoms with Gasteiger partial charge in [-0.2, -0.15) is 0 Å². The van der Waals surface area contributed by atoms with Crippen molar-refractivity contribution in [3.8, 4) is 0 Å². The lowest BCUT2D eigenvalue weighted by Crippen LogP contribution is -2.01. The minimum absolute atomic E-state index is 0.762. The number of carbonyl (C=O) groups excluding carboxylic acids is 1. The Labute approximate surface area is 102 Å². The molecule has 1 heteroatoms. The van der Waals surface area contributed by atoms with Crippen LogP contribution in [0, 0.1) is 5.92 Å². The van der Waals surface area contributed by atoms with Crippen LogP contribution in [0.25, 0.3) is 0 Å². The number of rotatable bonds is 12. The zero-order valence-electron chi connectivity index (χ0n) is 11.3. The summed E-state index contributed by atoms with van der Waals surface area (Å²) in [6, 6.07) is 0. The van der Waals surface area contributed by atoms with Crippen LogP contribution in [0.5, 0.6) is 0 Å². The summed E-state index contributed by atoms with van der Waals surface area (Å²) in [5.74, 6) is 0.887. The highest BCUT2D eigenvalue weighted by Gasteiger charge is 2.07. The predicted molar refractivity (Wildman–Crippen MR) is 71.7 cm³/mol. The number of unbranched alkanes of at least 4 members (excludes halogenated alkanes) is 5. The van der Waals surface area contributed by atoms with Crippen molar-refractivity contribution < 1.29 is 4.79 Å². The highest BCUT2D eigenvalue weighted by atomic mass is 16.1. The third kappa shape index (κ3) is 10.2. The van der Waals surface area contributed by atoms with Crippen LogP contribution in [0.1, 0.15) is 84.5 Å². The van der Waals surface area contributed by atoms with Gasteiger partial charge in [-0.25, -0.2) is 0 Å². The smallest absolute Gasteiger partial charge is 0.119 e. The van der Waals surface area contributed by atoms with Crippen molar-refractivity contribution >= 4 is 6.29 Å². The molecule has 0 aromatic carbocycles. The highest BCUT2D eigenvalue weighted by Crippen LogP contribution is 2.22. The van der Waals surface area contributed by atoms with Crippen LogP contribution in [0.3, 0.4) is 0 Å². The molecule has 0 bridgehead atoms. The van der Waals surface area contributed by atoms with Gasteiger partial charge in [-0.1, -0.05) is 71.6 Å². The van der Waals surface area contributed by atoms with E-state index in [0.717, 1.165) is 25.0 Å². The number of aldehydes is 1. The van der Waals surface area contributed by atoms with Crippen molar-refractivity contribution in [2.24, 2.45) is 5.92 Å². The van der Waals surface area contributed by atoms with Gasteiger partial charge in [-0.3, -0.25) is 0 Å². The zero-order valence-corrected chi connectivity index (χ0v) is 11.3. The van der Waals surface area contributed by atoms with Crippen LogP contribution in [-0.2, 0) is 4.79 Å². The van der Waals surface area contributed by atoms with Crippen molar-refractivity contribution in [1.82, 2.24) is 0 Å². The summed E-state index contributed by atoms with van der Waals surface area (Å²) in [5.41, 5.74) is 0. The van der Waals surface area contributed by atoms with E-state index >= 15 is 0 Å². The molecule has 16 heavy (non-hydrogen) atoms. The van der Waals surface area contributed by atoms with Crippen LogP contribution < -0.4 is 0 Å². The molecule has 0 heterocycles. The molecule has 0 aromatic rings. The van der Waals surface area contributed by atoms with Gasteiger partial charge in [0.2, 0.25) is 0 Å². The topological polar surface area (TPSA) is 17.1 Å². The Hall–Kier alpha value is -0.330. The molecule has 0 atom stereocenters. The summed E-state index contributed by atoms with van der Waals surface area (Å²) >= 11 is 0. The van der Waals surface area contributed by atoms with E-state index in [0.29, 0.717) is 0 Å². The first-order valence-electron chi connectivity index (χ1n) is 7.28. The SMILES string of the molecule is CCCCCC(CCCC=O)CCCCC. The minimum Gasteiger partial charge on any atom is -0.303 e. The summed E-state index contributed by atoms with van der Waals surface area (Å²) in [7, 11) is 0. The summed E-state index contributed by atoms with van der Waals surface area (Å²) in [5, 5.41) is 0. The number of carbonyl (C=O) groups is 1. The Bertz CT molecular complexity index is 132. The lowest BCUT2D eigenvalue weighted by molar-refractivity contribution is -0.108. The fraction of sp³-hybridized carbons (Fsp3) is 0.933. The Kier molecular flexibility index (Phi) is 12.5. The van der Waals surface area contributed by atoms with Gasteiger partial charge >= 0.3 is 0 Å². The van der Waals surface area contributed by atoms with Crippen molar-refractivity contribution in [3.63, 3.8) is 0 Å². The van der Waals surface area contributed by atoms with E-state index in [-0.39, 0.29) is 0 Å². The standard InChI is InChI=1S/C15H30O/c1-3-5-7-11-15(12-8-6-4-2)13-9-10-14-16/h14-15H,3-13H2,1-2H3. The quantitative estimate of drug-likeness (QED) is 0.333. The van der Waals surface area contributed by atoms with Crippen molar-refractivity contribution in [1.29, 1.82) is 0 Å². The maximum atomic E-state index is 10.3. The first-order valence-corrected chi connectivity index (χ1v) is 7.28. The highest BCUT2D eigenvalue weighted by molar-refractivity contribution is 5.48. The molecular formula is C15H30O. The second kappa shape index (κ2) is 12.7. The maximum absolute atomic E-state index is 10.3. The van der Waals surface area contributed by atoms with Crippen LogP contribution in [0.15, 0.2) is 0 Å². The van der Waals surface area contributed by atoms with E-state index in [1.807, 2.05) is 0 Å². The molecule has 0 aromatic heterocycles. The second-order valence-corrected chi connectivity index (χ2v) is 4.96. The van der Waals surface area contributed by atoms with Crippen molar-refractivity contribution in [3.05, 3.63) is 0 Å². The summed E-state index contributed by atoms with van der Waals surface area (Å²) in [6.45, 7) is 4.52. The van der Waals surface area contributed by atoms with Gasteiger partial charge in [0.15, 0.2) is 0 Å². The molecule has 0 rings (SSSR count). The molecule has 0 saturated carbocycles. The van der Waals surface area contributed by atoms with Crippen LogP contribution >= 0.6 is 0 Å². The molecule has 0 amide bonds. The van der Waals surface area contributed by atoms with Gasteiger partial charge in [0, 0.05) is 6.42 Å². The molecule has 0 N–H and O–H groups in total. The largest absolute Gasteiger partial charge is 0.303 e. The van der Waals surface area contributed by atoms with E-state index in [4.69, 9.17) is 0 Å². The molecule has 0 unspecified atom stereocenters. The monoisotopic (exact) mass is 226 g/mol. The molecular weight excluding hydrogens is 196 g/mol. The third-order valence-corrected chi connectivity index (χ3v) is 3.37. The average molecular weight is 226 g/mol. The lowest BCUT2D eigenvalue weighted by Gasteiger charge is -2.16. The van der Waals surface area contributed by atoms with Gasteiger partial charge < -0.3 is 4.79 Å². The van der Waals surface area contributed by atoms with E-state index in [9.17, 15) is 4.79 Å². The van der Waals surface area contributed by atoms with Gasteiger partial charge in [0.1, 0.15) is 6.29 Å². The van der Waals surface area contributed by atoms with Crippen LogP contribution in [0.4, 0.5) is 0 Å². The predicted octanol–water partition coefficient (Wildman–Crippen LogP) is 5.13. The summed E-state index contributed by atoms with van der Waals surface area (Å²) in [6.07, 6.45) is 15.1. The van der Waals surface area contributed by atoms with Gasteiger partial charge in [0.05, 0.1) is 0 Å². The van der Waals surface area contributed by atoms with E-state index in [1.54, 1.807) is 0 Å². The Balaban J connectivity index is 3.62. The molecule has 0 aliphatic carbocycles. The number of hydrogen-bond acceptors (Lipinski definition) is 1. The molecule has 0 spiro atoms. The first kappa shape index (κ1) is 15.7. The minimum atomic E-state index is 0.762. The van der Waals surface area contributed by atoms with Crippen LogP contribution in [0.2, 0.25) is 0 Å². The van der Waals surface area contributed by atoms with Crippen LogP contribution in [-0.4, -0.2) is 6.29 Å². The zero-order chi connectivity index (χ0) is 12.1. The second-order valence-electron chi connectivity index (χ2n) is 4.96. The summed E-state index contributed by atoms with van der Waals surface area (Å²) < 4.78 is 0. The average Bonchev–Trinajstić information content (AvgIpc) is 2.29. The van der Waals surface area contributed by atoms with E-state index in [2.05, 4.69) is 13.8 Å². The fourth-order valence-corrected chi connectivity index (χ4v) is 2.29. The number of hydrogen-bond donors (Lipinski definition) is 0. The van der Waals surface area contributed by atoms with Gasteiger partial charge in [0.25, 0.3) is 0 Å². The maximum Gasteiger partial charge on any atom is 0.119 e. The Morgan fingerprint density at radius 1 is 0.812 bits per heavy atom. The molecule has 96 valence electrons. The molecule has 1 nitrogen and oxygen atoms in total. The normalized spacial score (nSPS) is 10.9. The van der Waals surface area contributed by atoms with E-state index < -0.39 is 0 Å². The molecule has 0 aliphatic rings.